The molecule has 1 N–H and O–H groups in total. The summed E-state index contributed by atoms with van der Waals surface area (Å²) in [5.41, 5.74) is 4.22. The van der Waals surface area contributed by atoms with Crippen molar-refractivity contribution in [2.45, 2.75) is 37.9 Å². The van der Waals surface area contributed by atoms with E-state index in [0.717, 1.165) is 24.0 Å². The number of H-pyrrole nitrogens is 1. The highest BCUT2D eigenvalue weighted by atomic mass is 19.4. The average Bonchev–Trinajstić information content (AvgIpc) is 3.52. The van der Waals surface area contributed by atoms with Gasteiger partial charge in [-0.25, -0.2) is 9.50 Å². The number of rotatable bonds is 7. The van der Waals surface area contributed by atoms with E-state index in [1.807, 2.05) is 44.2 Å². The Balaban J connectivity index is 1.49. The highest BCUT2D eigenvalue weighted by Gasteiger charge is 2.33. The Bertz CT molecular complexity index is 1510. The van der Waals surface area contributed by atoms with E-state index in [0.29, 0.717) is 35.5 Å². The van der Waals surface area contributed by atoms with Crippen molar-refractivity contribution in [3.63, 3.8) is 0 Å². The van der Waals surface area contributed by atoms with Gasteiger partial charge in [0.15, 0.2) is 11.4 Å². The van der Waals surface area contributed by atoms with Gasteiger partial charge in [0.2, 0.25) is 5.91 Å². The first-order valence-electron chi connectivity index (χ1n) is 12.6. The van der Waals surface area contributed by atoms with E-state index in [2.05, 4.69) is 20.3 Å². The number of alkyl halides is 3. The molecule has 1 amide bonds. The van der Waals surface area contributed by atoms with E-state index in [1.54, 1.807) is 17.2 Å². The van der Waals surface area contributed by atoms with Crippen molar-refractivity contribution in [1.29, 1.82) is 0 Å². The number of pyridine rings is 1. The Labute approximate surface area is 223 Å². The molecule has 1 atom stereocenters. The molecule has 1 unspecified atom stereocenters. The Morgan fingerprint density at radius 1 is 1.18 bits per heavy atom. The lowest BCUT2D eigenvalue weighted by Gasteiger charge is -2.33. The second-order valence-electron chi connectivity index (χ2n) is 10.2. The van der Waals surface area contributed by atoms with Crippen LogP contribution >= 0.6 is 0 Å². The number of nitrogens with one attached hydrogen (secondary N) is 1. The molecule has 0 radical (unpaired) electrons. The molecular formula is C27H30F3N7O2. The number of ether oxygens (including phenoxy) is 1. The summed E-state index contributed by atoms with van der Waals surface area (Å²) >= 11 is 0. The van der Waals surface area contributed by atoms with Crippen LogP contribution in [0.4, 0.5) is 13.2 Å². The Morgan fingerprint density at radius 2 is 1.97 bits per heavy atom. The molecule has 3 aromatic heterocycles. The Hall–Kier alpha value is -3.93. The minimum absolute atomic E-state index is 0.0478. The maximum Gasteiger partial charge on any atom is 0.393 e. The van der Waals surface area contributed by atoms with Gasteiger partial charge in [-0.15, -0.1) is 0 Å². The van der Waals surface area contributed by atoms with Crippen molar-refractivity contribution in [2.24, 2.45) is 0 Å². The first-order valence-corrected chi connectivity index (χ1v) is 12.6. The van der Waals surface area contributed by atoms with E-state index in [1.165, 1.54) is 18.0 Å². The van der Waals surface area contributed by atoms with Crippen LogP contribution < -0.4 is 4.74 Å². The third kappa shape index (κ3) is 5.47. The number of aromatic nitrogens is 5. The van der Waals surface area contributed by atoms with Crippen molar-refractivity contribution >= 4 is 11.6 Å². The number of methoxy groups -OCH3 is 1. The van der Waals surface area contributed by atoms with Crippen molar-refractivity contribution in [3.8, 4) is 28.3 Å². The molecule has 0 aliphatic heterocycles. The zero-order valence-corrected chi connectivity index (χ0v) is 22.2. The highest BCUT2D eigenvalue weighted by molar-refractivity contribution is 5.79. The minimum Gasteiger partial charge on any atom is -0.493 e. The third-order valence-corrected chi connectivity index (χ3v) is 7.17. The number of amides is 1. The first-order chi connectivity index (χ1) is 18.5. The number of aromatic amines is 1. The predicted molar refractivity (Wildman–Crippen MR) is 139 cm³/mol. The van der Waals surface area contributed by atoms with Crippen LogP contribution in [0.15, 0.2) is 36.8 Å². The van der Waals surface area contributed by atoms with Crippen LogP contribution in [0.5, 0.6) is 5.75 Å². The molecule has 39 heavy (non-hydrogen) atoms. The zero-order chi connectivity index (χ0) is 27.9. The molecule has 0 bridgehead atoms. The van der Waals surface area contributed by atoms with Crippen molar-refractivity contribution in [2.75, 3.05) is 34.8 Å². The van der Waals surface area contributed by atoms with E-state index < -0.39 is 12.6 Å². The fraction of sp³-hybridized carbons (Fsp3) is 0.407. The van der Waals surface area contributed by atoms with Gasteiger partial charge in [0.25, 0.3) is 0 Å². The molecule has 3 heterocycles. The quantitative estimate of drug-likeness (QED) is 0.383. The summed E-state index contributed by atoms with van der Waals surface area (Å²) in [5.74, 6) is 0.447. The second-order valence-corrected chi connectivity index (χ2v) is 10.2. The molecule has 4 aromatic rings. The smallest absolute Gasteiger partial charge is 0.393 e. The Kier molecular flexibility index (Phi) is 7.06. The number of nitrogens with zero attached hydrogens (tertiary/aromatic N) is 6. The monoisotopic (exact) mass is 541 g/mol. The van der Waals surface area contributed by atoms with Crippen molar-refractivity contribution in [1.82, 2.24) is 34.6 Å². The maximum absolute atomic E-state index is 13.8. The summed E-state index contributed by atoms with van der Waals surface area (Å²) in [5, 5.41) is 11.3. The number of carbonyl (C=O) groups is 1. The molecule has 1 aliphatic carbocycles. The molecular weight excluding hydrogens is 511 g/mol. The topological polar surface area (TPSA) is 91.7 Å². The number of hydrogen-bond acceptors (Lipinski definition) is 6. The number of hydrogen-bond donors (Lipinski definition) is 1. The summed E-state index contributed by atoms with van der Waals surface area (Å²) < 4.78 is 48.2. The minimum atomic E-state index is -4.44. The number of benzene rings is 1. The van der Waals surface area contributed by atoms with E-state index in [-0.39, 0.29) is 28.9 Å². The predicted octanol–water partition coefficient (Wildman–Crippen LogP) is 3.78. The molecule has 0 spiro atoms. The lowest BCUT2D eigenvalue weighted by molar-refractivity contribution is -0.132. The first kappa shape index (κ1) is 26.7. The standard InChI is InChI=1S/C27H30F3N7O2/c1-35(2)14-23(38)36(3)20-8-7-16-9-18(6-5-17(16)10-20)24-21(12-27(28,29)30)25(34-33-24)19-11-22(39-4)26-31-15-32-37(26)13-19/h5-6,9,11,13,15,20H,7-8,10,12,14H2,1-4H3,(H,33,34). The van der Waals surface area contributed by atoms with Crippen LogP contribution in [0.2, 0.25) is 0 Å². The molecule has 0 saturated heterocycles. The van der Waals surface area contributed by atoms with Gasteiger partial charge >= 0.3 is 6.18 Å². The van der Waals surface area contributed by atoms with Gasteiger partial charge in [0.05, 0.1) is 31.5 Å². The van der Waals surface area contributed by atoms with Gasteiger partial charge in [0, 0.05) is 36.0 Å². The fourth-order valence-electron chi connectivity index (χ4n) is 5.20. The summed E-state index contributed by atoms with van der Waals surface area (Å²) in [4.78, 5) is 20.3. The van der Waals surface area contributed by atoms with Gasteiger partial charge in [-0.3, -0.25) is 9.89 Å². The largest absolute Gasteiger partial charge is 0.493 e. The van der Waals surface area contributed by atoms with E-state index in [4.69, 9.17) is 4.74 Å². The second kappa shape index (κ2) is 10.3. The van der Waals surface area contributed by atoms with Gasteiger partial charge in [-0.05, 0) is 56.6 Å². The number of carbonyl (C=O) groups excluding carboxylic acids is 1. The van der Waals surface area contributed by atoms with Gasteiger partial charge in [0.1, 0.15) is 6.33 Å². The molecule has 0 fully saturated rings. The van der Waals surface area contributed by atoms with E-state index in [9.17, 15) is 18.0 Å². The number of aryl methyl sites for hydroxylation is 1. The molecule has 5 rings (SSSR count). The summed E-state index contributed by atoms with van der Waals surface area (Å²) in [6.45, 7) is 0.345. The fourth-order valence-corrected chi connectivity index (χ4v) is 5.20. The van der Waals surface area contributed by atoms with Crippen LogP contribution in [-0.4, -0.2) is 87.5 Å². The van der Waals surface area contributed by atoms with Gasteiger partial charge in [-0.1, -0.05) is 12.1 Å². The maximum atomic E-state index is 13.8. The lowest BCUT2D eigenvalue weighted by atomic mass is 9.85. The van der Waals surface area contributed by atoms with E-state index >= 15 is 0 Å². The highest BCUT2D eigenvalue weighted by Crippen LogP contribution is 2.38. The van der Waals surface area contributed by atoms with Crippen molar-refractivity contribution < 1.29 is 22.7 Å². The molecule has 1 aliphatic rings. The average molecular weight is 542 g/mol. The zero-order valence-electron chi connectivity index (χ0n) is 22.2. The van der Waals surface area contributed by atoms with Gasteiger partial charge < -0.3 is 14.5 Å². The summed E-state index contributed by atoms with van der Waals surface area (Å²) in [6.07, 6.45) is -0.439. The summed E-state index contributed by atoms with van der Waals surface area (Å²) in [6, 6.07) is 7.38. The molecule has 0 saturated carbocycles. The molecule has 12 heteroatoms. The number of likely N-dealkylation sites (N-methyl/N-ethyl adjacent to an activating group) is 2. The van der Waals surface area contributed by atoms with Gasteiger partial charge in [-0.2, -0.15) is 23.4 Å². The normalized spacial score (nSPS) is 15.5. The third-order valence-electron chi connectivity index (χ3n) is 7.17. The van der Waals surface area contributed by atoms with Crippen LogP contribution in [0.25, 0.3) is 28.2 Å². The number of fused-ring (bicyclic) bond motifs is 2. The summed E-state index contributed by atoms with van der Waals surface area (Å²) in [7, 11) is 7.02. The van der Waals surface area contributed by atoms with Crippen LogP contribution in [-0.2, 0) is 24.1 Å². The molecule has 1 aromatic carbocycles. The van der Waals surface area contributed by atoms with Crippen LogP contribution in [0, 0.1) is 0 Å². The SMILES string of the molecule is COc1cc(-c2[nH]nc(-c3ccc4c(c3)CCC(N(C)C(=O)CN(C)C)C4)c2CC(F)(F)F)cn2ncnc12. The Morgan fingerprint density at radius 3 is 2.69 bits per heavy atom. The number of halogens is 3. The lowest BCUT2D eigenvalue weighted by Crippen LogP contribution is -2.44. The van der Waals surface area contributed by atoms with Crippen molar-refractivity contribution in [3.05, 3.63) is 53.5 Å². The van der Waals surface area contributed by atoms with Crippen LogP contribution in [0.1, 0.15) is 23.1 Å². The van der Waals surface area contributed by atoms with Crippen LogP contribution in [0.3, 0.4) is 0 Å². The molecule has 9 nitrogen and oxygen atoms in total. The molecule has 206 valence electrons.